The first kappa shape index (κ1) is 23.7. The quantitative estimate of drug-likeness (QED) is 0.406. The Hall–Kier alpha value is -3.05. The predicted molar refractivity (Wildman–Crippen MR) is 136 cm³/mol. The van der Waals surface area contributed by atoms with Crippen molar-refractivity contribution in [3.05, 3.63) is 102 Å². The molecule has 2 aliphatic rings. The molecule has 1 aliphatic carbocycles. The standard InChI is InChI=1S/C30H32F2N2O/c31-24-12-10-23(11-13-24)30(35)34(26-16-14-25(32)15-17-26)27-18-20-33(21-19-27)29-9-5-4-8-28(29)22-6-2-1-3-7-22/h1-3,6-7,10-17,27-29H,4-5,8-9,18-21H2. The van der Waals surface area contributed by atoms with Gasteiger partial charge in [-0.05, 0) is 85.7 Å². The number of anilines is 1. The molecule has 3 nitrogen and oxygen atoms in total. The van der Waals surface area contributed by atoms with Crippen LogP contribution in [-0.2, 0) is 0 Å². The SMILES string of the molecule is O=C(c1ccc(F)cc1)N(c1ccc(F)cc1)C1CCN(C2CCCCC2c2ccccc2)CC1. The van der Waals surface area contributed by atoms with Gasteiger partial charge in [-0.3, -0.25) is 9.69 Å². The molecule has 1 amide bonds. The minimum Gasteiger partial charge on any atom is -0.305 e. The van der Waals surface area contributed by atoms with Crippen LogP contribution in [0.4, 0.5) is 14.5 Å². The van der Waals surface area contributed by atoms with E-state index in [0.717, 1.165) is 25.9 Å². The van der Waals surface area contributed by atoms with E-state index >= 15 is 0 Å². The van der Waals surface area contributed by atoms with Gasteiger partial charge in [-0.15, -0.1) is 0 Å². The molecule has 1 saturated carbocycles. The van der Waals surface area contributed by atoms with Crippen LogP contribution in [0.3, 0.4) is 0 Å². The highest BCUT2D eigenvalue weighted by molar-refractivity contribution is 6.06. The number of rotatable bonds is 5. The first-order valence-electron chi connectivity index (χ1n) is 12.7. The second-order valence-electron chi connectivity index (χ2n) is 9.79. The van der Waals surface area contributed by atoms with Crippen molar-refractivity contribution in [1.29, 1.82) is 0 Å². The molecule has 35 heavy (non-hydrogen) atoms. The summed E-state index contributed by atoms with van der Waals surface area (Å²) in [6.07, 6.45) is 6.67. The first-order chi connectivity index (χ1) is 17.1. The van der Waals surface area contributed by atoms with E-state index in [0.29, 0.717) is 23.2 Å². The Balaban J connectivity index is 1.34. The van der Waals surface area contributed by atoms with Crippen LogP contribution in [0.25, 0.3) is 0 Å². The summed E-state index contributed by atoms with van der Waals surface area (Å²) in [5.41, 5.74) is 2.55. The summed E-state index contributed by atoms with van der Waals surface area (Å²) < 4.78 is 27.1. The summed E-state index contributed by atoms with van der Waals surface area (Å²) in [5.74, 6) is -0.323. The molecule has 182 valence electrons. The highest BCUT2D eigenvalue weighted by Crippen LogP contribution is 2.38. The Labute approximate surface area is 206 Å². The molecule has 3 aromatic carbocycles. The molecule has 1 heterocycles. The van der Waals surface area contributed by atoms with Crippen molar-refractivity contribution in [2.45, 2.75) is 56.5 Å². The lowest BCUT2D eigenvalue weighted by Gasteiger charge is -2.45. The van der Waals surface area contributed by atoms with E-state index in [1.165, 1.54) is 67.6 Å². The van der Waals surface area contributed by atoms with Crippen LogP contribution in [0.15, 0.2) is 78.9 Å². The van der Waals surface area contributed by atoms with Gasteiger partial charge in [-0.1, -0.05) is 43.2 Å². The second kappa shape index (κ2) is 10.7. The molecule has 0 spiro atoms. The van der Waals surface area contributed by atoms with E-state index in [9.17, 15) is 13.6 Å². The normalized spacial score (nSPS) is 21.5. The third kappa shape index (κ3) is 5.30. The molecule has 2 atom stereocenters. The zero-order valence-corrected chi connectivity index (χ0v) is 20.0. The lowest BCUT2D eigenvalue weighted by Crippen LogP contribution is -2.51. The van der Waals surface area contributed by atoms with Gasteiger partial charge in [0.15, 0.2) is 0 Å². The highest BCUT2D eigenvalue weighted by Gasteiger charge is 2.36. The van der Waals surface area contributed by atoms with Crippen molar-refractivity contribution < 1.29 is 13.6 Å². The van der Waals surface area contributed by atoms with Crippen molar-refractivity contribution in [3.63, 3.8) is 0 Å². The number of halogens is 2. The Morgan fingerprint density at radius 1 is 0.743 bits per heavy atom. The fraction of sp³-hybridized carbons (Fsp3) is 0.367. The van der Waals surface area contributed by atoms with E-state index in [4.69, 9.17) is 0 Å². The van der Waals surface area contributed by atoms with Gasteiger partial charge >= 0.3 is 0 Å². The van der Waals surface area contributed by atoms with Crippen LogP contribution >= 0.6 is 0 Å². The Kier molecular flexibility index (Phi) is 7.24. The third-order valence-electron chi connectivity index (χ3n) is 7.71. The molecule has 2 fully saturated rings. The summed E-state index contributed by atoms with van der Waals surface area (Å²) in [7, 11) is 0. The number of amides is 1. The van der Waals surface area contributed by atoms with Gasteiger partial charge in [0.2, 0.25) is 0 Å². The topological polar surface area (TPSA) is 23.6 Å². The lowest BCUT2D eigenvalue weighted by atomic mass is 9.78. The number of piperidine rings is 1. The van der Waals surface area contributed by atoms with Gasteiger partial charge in [-0.25, -0.2) is 8.78 Å². The number of carbonyl (C=O) groups excluding carboxylic acids is 1. The summed E-state index contributed by atoms with van der Waals surface area (Å²) in [5, 5.41) is 0. The number of hydrogen-bond donors (Lipinski definition) is 0. The van der Waals surface area contributed by atoms with Crippen LogP contribution < -0.4 is 4.90 Å². The van der Waals surface area contributed by atoms with Crippen molar-refractivity contribution in [3.8, 4) is 0 Å². The molecule has 1 aliphatic heterocycles. The van der Waals surface area contributed by atoms with Gasteiger partial charge < -0.3 is 4.90 Å². The molecule has 5 rings (SSSR count). The summed E-state index contributed by atoms with van der Waals surface area (Å²) in [6, 6.07) is 23.2. The van der Waals surface area contributed by atoms with Gasteiger partial charge in [-0.2, -0.15) is 0 Å². The molecule has 0 radical (unpaired) electrons. The van der Waals surface area contributed by atoms with Crippen molar-refractivity contribution >= 4 is 11.6 Å². The fourth-order valence-corrected chi connectivity index (χ4v) is 5.94. The predicted octanol–water partition coefficient (Wildman–Crippen LogP) is 6.80. The lowest BCUT2D eigenvalue weighted by molar-refractivity contribution is 0.0895. The first-order valence-corrected chi connectivity index (χ1v) is 12.7. The smallest absolute Gasteiger partial charge is 0.258 e. The number of likely N-dealkylation sites (tertiary alicyclic amines) is 1. The number of benzene rings is 3. The molecule has 3 aromatic rings. The van der Waals surface area contributed by atoms with Crippen LogP contribution in [0.2, 0.25) is 0 Å². The molecule has 5 heteroatoms. The number of nitrogens with zero attached hydrogens (tertiary/aromatic N) is 2. The minimum absolute atomic E-state index is 0.00744. The average molecular weight is 475 g/mol. The molecule has 0 aromatic heterocycles. The van der Waals surface area contributed by atoms with E-state index < -0.39 is 0 Å². The third-order valence-corrected chi connectivity index (χ3v) is 7.71. The maximum atomic E-state index is 13.6. The van der Waals surface area contributed by atoms with Gasteiger partial charge in [0.05, 0.1) is 0 Å². The van der Waals surface area contributed by atoms with E-state index in [1.807, 2.05) is 0 Å². The maximum Gasteiger partial charge on any atom is 0.258 e. The van der Waals surface area contributed by atoms with E-state index in [2.05, 4.69) is 35.2 Å². The van der Waals surface area contributed by atoms with Crippen LogP contribution in [-0.4, -0.2) is 36.0 Å². The van der Waals surface area contributed by atoms with Gasteiger partial charge in [0.1, 0.15) is 11.6 Å². The second-order valence-corrected chi connectivity index (χ2v) is 9.79. The zero-order chi connectivity index (χ0) is 24.2. The summed E-state index contributed by atoms with van der Waals surface area (Å²) in [4.78, 5) is 18.0. The van der Waals surface area contributed by atoms with Gasteiger partial charge in [0.25, 0.3) is 5.91 Å². The summed E-state index contributed by atoms with van der Waals surface area (Å²) >= 11 is 0. The summed E-state index contributed by atoms with van der Waals surface area (Å²) in [6.45, 7) is 1.85. The molecule has 0 N–H and O–H groups in total. The Morgan fingerprint density at radius 2 is 1.34 bits per heavy atom. The van der Waals surface area contributed by atoms with Crippen molar-refractivity contribution in [1.82, 2.24) is 4.90 Å². The van der Waals surface area contributed by atoms with Gasteiger partial charge in [0, 0.05) is 36.4 Å². The number of carbonyl (C=O) groups is 1. The zero-order valence-electron chi connectivity index (χ0n) is 20.0. The Bertz CT molecular complexity index is 1110. The van der Waals surface area contributed by atoms with Crippen LogP contribution in [0.5, 0.6) is 0 Å². The molecule has 2 unspecified atom stereocenters. The van der Waals surface area contributed by atoms with Crippen molar-refractivity contribution in [2.75, 3.05) is 18.0 Å². The Morgan fingerprint density at radius 3 is 2.00 bits per heavy atom. The van der Waals surface area contributed by atoms with Crippen molar-refractivity contribution in [2.24, 2.45) is 0 Å². The van der Waals surface area contributed by atoms with E-state index in [1.54, 1.807) is 17.0 Å². The van der Waals surface area contributed by atoms with Crippen LogP contribution in [0, 0.1) is 11.6 Å². The molecule has 1 saturated heterocycles. The van der Waals surface area contributed by atoms with Crippen LogP contribution in [0.1, 0.15) is 60.4 Å². The number of hydrogen-bond acceptors (Lipinski definition) is 2. The van der Waals surface area contributed by atoms with E-state index in [-0.39, 0.29) is 23.6 Å². The monoisotopic (exact) mass is 474 g/mol. The molecular formula is C30H32F2N2O. The average Bonchev–Trinajstić information content (AvgIpc) is 2.91. The molecular weight excluding hydrogens is 442 g/mol. The minimum atomic E-state index is -0.372. The largest absolute Gasteiger partial charge is 0.305 e. The fourth-order valence-electron chi connectivity index (χ4n) is 5.94. The molecule has 0 bridgehead atoms. The maximum absolute atomic E-state index is 13.6. The highest BCUT2D eigenvalue weighted by atomic mass is 19.1.